The van der Waals surface area contributed by atoms with Crippen LogP contribution in [0.4, 0.5) is 0 Å². The quantitative estimate of drug-likeness (QED) is 0.0315. The maximum Gasteiger partial charge on any atom is 0.261 e. The average molecular weight is 512 g/mol. The number of ether oxygens (including phenoxy) is 6. The standard InChI is InChI=1S/C19H41N7O9/c20-17(27)14-33-6-1-5-30-7-2-22-18(28)15-34-12-11-32-9-4-24-26-25-19(29)16-35-13-10-31-8-3-23-21/h23-24,26H,1-16,21H2,(H2,20,27)(H,22,28)(H,25,29). The highest BCUT2D eigenvalue weighted by molar-refractivity contribution is 5.77. The summed E-state index contributed by atoms with van der Waals surface area (Å²) in [6.07, 6.45) is 0.630. The highest BCUT2D eigenvalue weighted by Crippen LogP contribution is 1.85. The van der Waals surface area contributed by atoms with E-state index in [1.165, 1.54) is 0 Å². The van der Waals surface area contributed by atoms with Crippen LogP contribution in [0.3, 0.4) is 0 Å². The van der Waals surface area contributed by atoms with E-state index in [0.717, 1.165) is 0 Å². The maximum absolute atomic E-state index is 11.6. The van der Waals surface area contributed by atoms with Crippen LogP contribution in [-0.4, -0.2) is 117 Å². The molecule has 35 heavy (non-hydrogen) atoms. The van der Waals surface area contributed by atoms with Crippen LogP contribution in [0.15, 0.2) is 0 Å². The van der Waals surface area contributed by atoms with Crippen LogP contribution in [0.2, 0.25) is 0 Å². The predicted octanol–water partition coefficient (Wildman–Crippen LogP) is -4.33. The van der Waals surface area contributed by atoms with Gasteiger partial charge in [-0.1, -0.05) is 0 Å². The summed E-state index contributed by atoms with van der Waals surface area (Å²) in [6.45, 7) is 4.37. The Bertz CT molecular complexity index is 533. The van der Waals surface area contributed by atoms with E-state index in [9.17, 15) is 14.4 Å². The van der Waals surface area contributed by atoms with Crippen molar-refractivity contribution in [3.8, 4) is 0 Å². The summed E-state index contributed by atoms with van der Waals surface area (Å²) in [4.78, 5) is 33.6. The van der Waals surface area contributed by atoms with Gasteiger partial charge < -0.3 is 39.5 Å². The third-order valence-electron chi connectivity index (χ3n) is 3.65. The molecule has 0 aliphatic rings. The van der Waals surface area contributed by atoms with Gasteiger partial charge in [0.15, 0.2) is 0 Å². The minimum Gasteiger partial charge on any atom is -0.380 e. The molecule has 16 nitrogen and oxygen atoms in total. The number of nitrogens with one attached hydrogen (secondary N) is 5. The molecule has 0 radical (unpaired) electrons. The van der Waals surface area contributed by atoms with Gasteiger partial charge in [-0.2, -0.15) is 5.53 Å². The van der Waals surface area contributed by atoms with Crippen molar-refractivity contribution in [1.82, 2.24) is 27.1 Å². The van der Waals surface area contributed by atoms with Crippen molar-refractivity contribution in [2.45, 2.75) is 6.42 Å². The largest absolute Gasteiger partial charge is 0.380 e. The van der Waals surface area contributed by atoms with Gasteiger partial charge in [-0.25, -0.2) is 5.43 Å². The fraction of sp³-hybridized carbons (Fsp3) is 0.842. The molecule has 0 unspecified atom stereocenters. The number of amides is 3. The monoisotopic (exact) mass is 511 g/mol. The summed E-state index contributed by atoms with van der Waals surface area (Å²) in [6, 6.07) is 0. The van der Waals surface area contributed by atoms with Gasteiger partial charge >= 0.3 is 0 Å². The van der Waals surface area contributed by atoms with Gasteiger partial charge in [0.25, 0.3) is 5.91 Å². The van der Waals surface area contributed by atoms with E-state index in [-0.39, 0.29) is 38.2 Å². The number of rotatable bonds is 27. The lowest BCUT2D eigenvalue weighted by atomic mass is 10.5. The lowest BCUT2D eigenvalue weighted by molar-refractivity contribution is -0.128. The number of nitrogens with two attached hydrogens (primary N) is 2. The maximum atomic E-state index is 11.6. The highest BCUT2D eigenvalue weighted by atomic mass is 16.5. The van der Waals surface area contributed by atoms with Crippen LogP contribution in [-0.2, 0) is 42.8 Å². The van der Waals surface area contributed by atoms with Crippen LogP contribution in [0.1, 0.15) is 6.42 Å². The summed E-state index contributed by atoms with van der Waals surface area (Å²) in [5.41, 5.74) is 15.1. The lowest BCUT2D eigenvalue weighted by Gasteiger charge is -2.10. The van der Waals surface area contributed by atoms with Crippen LogP contribution >= 0.6 is 0 Å². The Morgan fingerprint density at radius 3 is 1.83 bits per heavy atom. The Labute approximate surface area is 205 Å². The van der Waals surface area contributed by atoms with E-state index in [4.69, 9.17) is 40.0 Å². The second kappa shape index (κ2) is 26.6. The lowest BCUT2D eigenvalue weighted by Crippen LogP contribution is -2.48. The van der Waals surface area contributed by atoms with E-state index >= 15 is 0 Å². The molecule has 0 rings (SSSR count). The smallest absolute Gasteiger partial charge is 0.261 e. The van der Waals surface area contributed by atoms with Gasteiger partial charge in [-0.15, -0.1) is 0 Å². The first-order chi connectivity index (χ1) is 17.1. The molecular weight excluding hydrogens is 470 g/mol. The number of hydrogen-bond acceptors (Lipinski definition) is 13. The first kappa shape index (κ1) is 33.0. The number of carbonyl (C=O) groups is 3. The molecular formula is C19H41N7O9. The number of hydrogen-bond donors (Lipinski definition) is 7. The molecule has 0 heterocycles. The fourth-order valence-electron chi connectivity index (χ4n) is 2.09. The molecule has 3 amide bonds. The highest BCUT2D eigenvalue weighted by Gasteiger charge is 2.02. The Balaban J connectivity index is 3.25. The number of primary amides is 1. The summed E-state index contributed by atoms with van der Waals surface area (Å²) in [7, 11) is 0. The minimum absolute atomic E-state index is 0.0741. The molecule has 9 N–H and O–H groups in total. The number of carbonyl (C=O) groups excluding carboxylic acids is 3. The van der Waals surface area contributed by atoms with E-state index in [1.807, 2.05) is 0 Å². The van der Waals surface area contributed by atoms with Crippen LogP contribution in [0, 0.1) is 0 Å². The molecule has 0 fully saturated rings. The van der Waals surface area contributed by atoms with Crippen molar-refractivity contribution < 1.29 is 42.8 Å². The zero-order chi connectivity index (χ0) is 25.8. The molecule has 0 aliphatic carbocycles. The van der Waals surface area contributed by atoms with Crippen molar-refractivity contribution >= 4 is 17.7 Å². The fourth-order valence-corrected chi connectivity index (χ4v) is 2.09. The SMILES string of the molecule is NNCCOCCOCC(=O)NNNCCOCCOCC(=O)NCCOCCCOCC(N)=O. The Kier molecular flexibility index (Phi) is 25.1. The third kappa shape index (κ3) is 28.1. The van der Waals surface area contributed by atoms with Crippen molar-refractivity contribution in [3.63, 3.8) is 0 Å². The molecule has 0 aromatic carbocycles. The minimum atomic E-state index is -0.507. The summed E-state index contributed by atoms with van der Waals surface area (Å²) < 4.78 is 31.2. The van der Waals surface area contributed by atoms with Gasteiger partial charge in [0.05, 0.1) is 46.2 Å². The normalized spacial score (nSPS) is 10.9. The molecule has 206 valence electrons. The Morgan fingerprint density at radius 1 is 0.600 bits per heavy atom. The summed E-state index contributed by atoms with van der Waals surface area (Å²) in [5, 5.41) is 2.66. The van der Waals surface area contributed by atoms with E-state index < -0.39 is 5.91 Å². The molecule has 0 saturated heterocycles. The number of hydrazine groups is 3. The Morgan fingerprint density at radius 2 is 1.14 bits per heavy atom. The molecule has 0 bridgehead atoms. The second-order valence-corrected chi connectivity index (χ2v) is 6.72. The third-order valence-corrected chi connectivity index (χ3v) is 3.65. The van der Waals surface area contributed by atoms with Crippen molar-refractivity contribution in [1.29, 1.82) is 0 Å². The molecule has 0 aromatic heterocycles. The van der Waals surface area contributed by atoms with E-state index in [0.29, 0.717) is 78.9 Å². The zero-order valence-electron chi connectivity index (χ0n) is 20.1. The summed E-state index contributed by atoms with van der Waals surface area (Å²) >= 11 is 0. The Hall–Kier alpha value is -1.99. The van der Waals surface area contributed by atoms with Crippen LogP contribution in [0.5, 0.6) is 0 Å². The second-order valence-electron chi connectivity index (χ2n) is 6.72. The van der Waals surface area contributed by atoms with Crippen molar-refractivity contribution in [2.24, 2.45) is 11.6 Å². The zero-order valence-corrected chi connectivity index (χ0v) is 20.1. The molecule has 0 atom stereocenters. The topological polar surface area (TPSA) is 219 Å². The molecule has 0 aromatic rings. The van der Waals surface area contributed by atoms with E-state index in [1.54, 1.807) is 0 Å². The van der Waals surface area contributed by atoms with Gasteiger partial charge in [0.2, 0.25) is 11.8 Å². The van der Waals surface area contributed by atoms with Crippen molar-refractivity contribution in [2.75, 3.05) is 98.9 Å². The molecule has 0 saturated carbocycles. The van der Waals surface area contributed by atoms with Crippen LogP contribution in [0.25, 0.3) is 0 Å². The van der Waals surface area contributed by atoms with Gasteiger partial charge in [0, 0.05) is 32.8 Å². The predicted molar refractivity (Wildman–Crippen MR) is 123 cm³/mol. The first-order valence-electron chi connectivity index (χ1n) is 11.3. The van der Waals surface area contributed by atoms with E-state index in [2.05, 4.69) is 27.1 Å². The molecule has 0 aliphatic heterocycles. The summed E-state index contributed by atoms with van der Waals surface area (Å²) in [5.74, 6) is 4.00. The van der Waals surface area contributed by atoms with Gasteiger partial charge in [-0.3, -0.25) is 31.1 Å². The molecule has 16 heteroatoms. The average Bonchev–Trinajstić information content (AvgIpc) is 2.83. The van der Waals surface area contributed by atoms with Crippen LogP contribution < -0.4 is 38.7 Å². The first-order valence-corrected chi connectivity index (χ1v) is 11.3. The van der Waals surface area contributed by atoms with Gasteiger partial charge in [-0.05, 0) is 6.42 Å². The van der Waals surface area contributed by atoms with Crippen molar-refractivity contribution in [3.05, 3.63) is 0 Å². The van der Waals surface area contributed by atoms with Gasteiger partial charge in [0.1, 0.15) is 19.8 Å². The molecule has 0 spiro atoms.